The van der Waals surface area contributed by atoms with Crippen LogP contribution in [-0.2, 0) is 14.4 Å². The fourth-order valence-corrected chi connectivity index (χ4v) is 2.99. The van der Waals surface area contributed by atoms with E-state index in [9.17, 15) is 14.4 Å². The molecule has 4 nitrogen and oxygen atoms in total. The van der Waals surface area contributed by atoms with Crippen molar-refractivity contribution in [3.8, 4) is 0 Å². The highest BCUT2D eigenvalue weighted by Gasteiger charge is 2.57. The van der Waals surface area contributed by atoms with Gasteiger partial charge in [0.1, 0.15) is 0 Å². The highest BCUT2D eigenvalue weighted by molar-refractivity contribution is 6.42. The Labute approximate surface area is 87.7 Å². The van der Waals surface area contributed by atoms with Crippen LogP contribution < -0.4 is 0 Å². The number of carbonyl (C=O) groups excluding carboxylic acids is 2. The van der Waals surface area contributed by atoms with Crippen molar-refractivity contribution in [2.45, 2.75) is 38.5 Å². The summed E-state index contributed by atoms with van der Waals surface area (Å²) in [7, 11) is 0. The topological polar surface area (TPSA) is 71.4 Å². The minimum atomic E-state index is -0.990. The van der Waals surface area contributed by atoms with Crippen LogP contribution in [0.4, 0.5) is 0 Å². The lowest BCUT2D eigenvalue weighted by atomic mass is 9.67. The van der Waals surface area contributed by atoms with Gasteiger partial charge in [0.05, 0.1) is 11.3 Å². The van der Waals surface area contributed by atoms with Crippen molar-refractivity contribution in [1.29, 1.82) is 0 Å². The standard InChI is InChI=1S/C11H14O4/c12-8-6-7(10(14)15)11(9(8)13)4-2-1-3-5-11/h7H,1-6H2,(H,14,15)/t7-/m1/s1. The number of carbonyl (C=O) groups is 3. The molecule has 2 fully saturated rings. The molecule has 2 aliphatic carbocycles. The molecule has 0 aromatic carbocycles. The first-order chi connectivity index (χ1) is 7.08. The predicted molar refractivity (Wildman–Crippen MR) is 51.3 cm³/mol. The van der Waals surface area contributed by atoms with Gasteiger partial charge in [0.25, 0.3) is 0 Å². The zero-order valence-electron chi connectivity index (χ0n) is 8.49. The Kier molecular flexibility index (Phi) is 2.37. The number of Topliss-reactive ketones (excluding diaryl/α,β-unsaturated/α-hetero) is 2. The highest BCUT2D eigenvalue weighted by Crippen LogP contribution is 2.49. The first-order valence-electron chi connectivity index (χ1n) is 5.38. The van der Waals surface area contributed by atoms with Crippen LogP contribution in [0.5, 0.6) is 0 Å². The van der Waals surface area contributed by atoms with Gasteiger partial charge in [-0.05, 0) is 12.8 Å². The second-order valence-corrected chi connectivity index (χ2v) is 4.56. The number of hydrogen-bond acceptors (Lipinski definition) is 3. The van der Waals surface area contributed by atoms with Crippen LogP contribution in [-0.4, -0.2) is 22.6 Å². The summed E-state index contributed by atoms with van der Waals surface area (Å²) in [6.07, 6.45) is 3.83. The summed E-state index contributed by atoms with van der Waals surface area (Å²) in [6, 6.07) is 0. The summed E-state index contributed by atoms with van der Waals surface area (Å²) in [4.78, 5) is 34.2. The van der Waals surface area contributed by atoms with Crippen LogP contribution in [0.3, 0.4) is 0 Å². The largest absolute Gasteiger partial charge is 0.481 e. The number of carboxylic acid groups (broad SMARTS) is 1. The Morgan fingerprint density at radius 1 is 1.20 bits per heavy atom. The van der Waals surface area contributed by atoms with E-state index in [0.29, 0.717) is 12.8 Å². The molecule has 2 aliphatic rings. The van der Waals surface area contributed by atoms with Gasteiger partial charge in [0.15, 0.2) is 5.78 Å². The molecule has 2 saturated carbocycles. The molecule has 1 atom stereocenters. The van der Waals surface area contributed by atoms with Crippen LogP contribution in [0.1, 0.15) is 38.5 Å². The average Bonchev–Trinajstić information content (AvgIpc) is 2.45. The van der Waals surface area contributed by atoms with Crippen LogP contribution >= 0.6 is 0 Å². The van der Waals surface area contributed by atoms with Gasteiger partial charge in [0, 0.05) is 6.42 Å². The van der Waals surface area contributed by atoms with Crippen molar-refractivity contribution < 1.29 is 19.5 Å². The minimum absolute atomic E-state index is 0.0891. The van der Waals surface area contributed by atoms with E-state index in [4.69, 9.17) is 5.11 Å². The van der Waals surface area contributed by atoms with Gasteiger partial charge in [-0.15, -0.1) is 0 Å². The van der Waals surface area contributed by atoms with Crippen molar-refractivity contribution in [2.75, 3.05) is 0 Å². The van der Waals surface area contributed by atoms with Gasteiger partial charge in [-0.25, -0.2) is 0 Å². The van der Waals surface area contributed by atoms with Gasteiger partial charge in [0.2, 0.25) is 5.78 Å². The van der Waals surface area contributed by atoms with Crippen molar-refractivity contribution in [3.63, 3.8) is 0 Å². The van der Waals surface area contributed by atoms with Crippen molar-refractivity contribution >= 4 is 17.5 Å². The third kappa shape index (κ3) is 1.39. The maximum absolute atomic E-state index is 11.8. The fraction of sp³-hybridized carbons (Fsp3) is 0.727. The second kappa shape index (κ2) is 3.43. The lowest BCUT2D eigenvalue weighted by Crippen LogP contribution is -2.39. The van der Waals surface area contributed by atoms with Gasteiger partial charge in [-0.2, -0.15) is 0 Å². The summed E-state index contributed by atoms with van der Waals surface area (Å²) < 4.78 is 0. The van der Waals surface area contributed by atoms with Crippen molar-refractivity contribution in [3.05, 3.63) is 0 Å². The molecule has 82 valence electrons. The summed E-state index contributed by atoms with van der Waals surface area (Å²) in [5, 5.41) is 9.06. The van der Waals surface area contributed by atoms with Gasteiger partial charge in [-0.1, -0.05) is 19.3 Å². The number of aliphatic carboxylic acids is 1. The van der Waals surface area contributed by atoms with E-state index in [2.05, 4.69) is 0 Å². The van der Waals surface area contributed by atoms with E-state index >= 15 is 0 Å². The molecular formula is C11H14O4. The van der Waals surface area contributed by atoms with Crippen LogP contribution in [0.2, 0.25) is 0 Å². The molecule has 1 N–H and O–H groups in total. The van der Waals surface area contributed by atoms with E-state index in [1.54, 1.807) is 0 Å². The Bertz CT molecular complexity index is 325. The smallest absolute Gasteiger partial charge is 0.307 e. The van der Waals surface area contributed by atoms with E-state index in [-0.39, 0.29) is 6.42 Å². The van der Waals surface area contributed by atoms with Crippen molar-refractivity contribution in [1.82, 2.24) is 0 Å². The monoisotopic (exact) mass is 210 g/mol. The highest BCUT2D eigenvalue weighted by atomic mass is 16.4. The molecule has 15 heavy (non-hydrogen) atoms. The molecule has 4 heteroatoms. The molecule has 0 aliphatic heterocycles. The predicted octanol–water partition coefficient (Wildman–Crippen LogP) is 1.18. The first-order valence-corrected chi connectivity index (χ1v) is 5.38. The molecule has 0 aromatic heterocycles. The molecule has 0 bridgehead atoms. The Morgan fingerprint density at radius 3 is 2.33 bits per heavy atom. The molecule has 0 unspecified atom stereocenters. The summed E-state index contributed by atoms with van der Waals surface area (Å²) in [5.41, 5.74) is -0.846. The lowest BCUT2D eigenvalue weighted by molar-refractivity contribution is -0.150. The van der Waals surface area contributed by atoms with Gasteiger partial charge >= 0.3 is 5.97 Å². The number of hydrogen-bond donors (Lipinski definition) is 1. The zero-order chi connectivity index (χ0) is 11.1. The molecule has 0 heterocycles. The Hall–Kier alpha value is -1.19. The minimum Gasteiger partial charge on any atom is -0.481 e. The fourth-order valence-electron chi connectivity index (χ4n) is 2.99. The summed E-state index contributed by atoms with van der Waals surface area (Å²) >= 11 is 0. The van der Waals surface area contributed by atoms with E-state index < -0.39 is 28.9 Å². The number of rotatable bonds is 1. The quantitative estimate of drug-likeness (QED) is 0.659. The Morgan fingerprint density at radius 2 is 1.80 bits per heavy atom. The van der Waals surface area contributed by atoms with E-state index in [1.165, 1.54) is 0 Å². The molecule has 2 rings (SSSR count). The van der Waals surface area contributed by atoms with E-state index in [0.717, 1.165) is 19.3 Å². The van der Waals surface area contributed by atoms with Crippen molar-refractivity contribution in [2.24, 2.45) is 11.3 Å². The van der Waals surface area contributed by atoms with Gasteiger partial charge in [-0.3, -0.25) is 14.4 Å². The Balaban J connectivity index is 2.35. The van der Waals surface area contributed by atoms with Crippen LogP contribution in [0, 0.1) is 11.3 Å². The maximum Gasteiger partial charge on any atom is 0.307 e. The summed E-state index contributed by atoms with van der Waals surface area (Å²) in [5.74, 6) is -2.66. The second-order valence-electron chi connectivity index (χ2n) is 4.56. The van der Waals surface area contributed by atoms with Crippen LogP contribution in [0.15, 0.2) is 0 Å². The lowest BCUT2D eigenvalue weighted by Gasteiger charge is -2.34. The zero-order valence-corrected chi connectivity index (χ0v) is 8.49. The normalized spacial score (nSPS) is 29.7. The molecule has 0 aromatic rings. The molecular weight excluding hydrogens is 196 g/mol. The third-order valence-corrected chi connectivity index (χ3v) is 3.81. The molecule has 1 spiro atoms. The number of carboxylic acids is 1. The molecule has 0 saturated heterocycles. The van der Waals surface area contributed by atoms with E-state index in [1.807, 2.05) is 0 Å². The average molecular weight is 210 g/mol. The number of ketones is 2. The van der Waals surface area contributed by atoms with Crippen LogP contribution in [0.25, 0.3) is 0 Å². The van der Waals surface area contributed by atoms with Gasteiger partial charge < -0.3 is 5.11 Å². The maximum atomic E-state index is 11.8. The third-order valence-electron chi connectivity index (χ3n) is 3.81. The SMILES string of the molecule is O=C1C[C@H](C(=O)O)C2(CCCCC2)C1=O. The summed E-state index contributed by atoms with van der Waals surface area (Å²) in [6.45, 7) is 0. The molecule has 0 amide bonds. The first kappa shape index (κ1) is 10.3. The molecule has 0 radical (unpaired) electrons.